The molecule has 98 valence electrons. The molecule has 1 aliphatic rings. The van der Waals surface area contributed by atoms with E-state index in [9.17, 15) is 14.7 Å². The molecular formula is C13H23NO3. The van der Waals surface area contributed by atoms with Crippen molar-refractivity contribution >= 4 is 11.9 Å². The minimum Gasteiger partial charge on any atom is -0.479 e. The van der Waals surface area contributed by atoms with Crippen LogP contribution in [0.4, 0.5) is 0 Å². The van der Waals surface area contributed by atoms with Crippen molar-refractivity contribution in [3.63, 3.8) is 0 Å². The maximum atomic E-state index is 11.8. The largest absolute Gasteiger partial charge is 0.479 e. The van der Waals surface area contributed by atoms with Crippen molar-refractivity contribution in [1.82, 2.24) is 4.90 Å². The van der Waals surface area contributed by atoms with Gasteiger partial charge in [-0.1, -0.05) is 26.7 Å². The summed E-state index contributed by atoms with van der Waals surface area (Å²) in [6.07, 6.45) is 4.55. The van der Waals surface area contributed by atoms with Gasteiger partial charge >= 0.3 is 5.97 Å². The number of hydrogen-bond acceptors (Lipinski definition) is 2. The second kappa shape index (κ2) is 5.52. The van der Waals surface area contributed by atoms with Gasteiger partial charge < -0.3 is 10.0 Å². The molecule has 1 amide bonds. The molecule has 0 bridgehead atoms. The van der Waals surface area contributed by atoms with Crippen LogP contribution in [-0.2, 0) is 9.59 Å². The third kappa shape index (κ3) is 2.79. The zero-order valence-electron chi connectivity index (χ0n) is 11.0. The van der Waals surface area contributed by atoms with Crippen LogP contribution in [0.25, 0.3) is 0 Å². The van der Waals surface area contributed by atoms with Gasteiger partial charge in [0.15, 0.2) is 0 Å². The summed E-state index contributed by atoms with van der Waals surface area (Å²) in [5.74, 6) is -0.944. The van der Waals surface area contributed by atoms with Crippen molar-refractivity contribution in [3.8, 4) is 0 Å². The van der Waals surface area contributed by atoms with E-state index in [-0.39, 0.29) is 11.9 Å². The molecule has 4 heteroatoms. The molecule has 1 rings (SSSR count). The predicted octanol–water partition coefficient (Wildman–Crippen LogP) is 2.42. The van der Waals surface area contributed by atoms with Crippen molar-refractivity contribution in [1.29, 1.82) is 0 Å². The number of aliphatic carboxylic acids is 1. The first-order valence-electron chi connectivity index (χ1n) is 6.53. The topological polar surface area (TPSA) is 57.6 Å². The van der Waals surface area contributed by atoms with E-state index in [1.165, 1.54) is 6.92 Å². The van der Waals surface area contributed by atoms with E-state index in [1.807, 2.05) is 13.8 Å². The normalized spacial score (nSPS) is 15.7. The molecule has 0 heterocycles. The molecule has 1 saturated carbocycles. The maximum absolute atomic E-state index is 11.8. The molecule has 4 nitrogen and oxygen atoms in total. The van der Waals surface area contributed by atoms with Crippen LogP contribution in [0.15, 0.2) is 0 Å². The lowest BCUT2D eigenvalue weighted by atomic mass is 9.86. The highest BCUT2D eigenvalue weighted by Gasteiger charge is 2.49. The van der Waals surface area contributed by atoms with Crippen molar-refractivity contribution < 1.29 is 14.7 Å². The van der Waals surface area contributed by atoms with Gasteiger partial charge in [-0.3, -0.25) is 4.79 Å². The van der Waals surface area contributed by atoms with Gasteiger partial charge in [-0.05, 0) is 25.7 Å². The Kier molecular flexibility index (Phi) is 4.54. The third-order valence-corrected chi connectivity index (χ3v) is 3.44. The zero-order chi connectivity index (χ0) is 13.1. The first-order valence-corrected chi connectivity index (χ1v) is 6.53. The predicted molar refractivity (Wildman–Crippen MR) is 65.7 cm³/mol. The molecule has 0 radical (unpaired) electrons. The van der Waals surface area contributed by atoms with Crippen LogP contribution in [0.5, 0.6) is 0 Å². The minimum absolute atomic E-state index is 0.100. The summed E-state index contributed by atoms with van der Waals surface area (Å²) in [6.45, 7) is 5.43. The first kappa shape index (κ1) is 14.0. The number of carboxylic acids is 1. The van der Waals surface area contributed by atoms with E-state index >= 15 is 0 Å². The average Bonchev–Trinajstić information content (AvgIpc) is 3.01. The molecule has 1 aliphatic carbocycles. The van der Waals surface area contributed by atoms with Crippen molar-refractivity contribution in [2.24, 2.45) is 0 Å². The smallest absolute Gasteiger partial charge is 0.329 e. The lowest BCUT2D eigenvalue weighted by molar-refractivity contribution is -0.161. The Morgan fingerprint density at radius 3 is 1.94 bits per heavy atom. The second-order valence-corrected chi connectivity index (χ2v) is 4.96. The van der Waals surface area contributed by atoms with E-state index in [4.69, 9.17) is 0 Å². The highest BCUT2D eigenvalue weighted by Crippen LogP contribution is 2.38. The van der Waals surface area contributed by atoms with Crippen LogP contribution < -0.4 is 0 Å². The van der Waals surface area contributed by atoms with Gasteiger partial charge in [-0.2, -0.15) is 0 Å². The van der Waals surface area contributed by atoms with E-state index in [1.54, 1.807) is 4.90 Å². The molecule has 1 fully saturated rings. The highest BCUT2D eigenvalue weighted by atomic mass is 16.4. The van der Waals surface area contributed by atoms with Crippen LogP contribution in [-0.4, -0.2) is 33.5 Å². The van der Waals surface area contributed by atoms with Crippen LogP contribution in [0.2, 0.25) is 0 Å². The Morgan fingerprint density at radius 2 is 1.71 bits per heavy atom. The number of amides is 1. The quantitative estimate of drug-likeness (QED) is 0.744. The summed E-state index contributed by atoms with van der Waals surface area (Å²) >= 11 is 0. The maximum Gasteiger partial charge on any atom is 0.329 e. The Labute approximate surface area is 103 Å². The first-order chi connectivity index (χ1) is 7.99. The van der Waals surface area contributed by atoms with E-state index in [0.717, 1.165) is 25.7 Å². The van der Waals surface area contributed by atoms with E-state index in [2.05, 4.69) is 0 Å². The molecule has 0 aromatic carbocycles. The van der Waals surface area contributed by atoms with Gasteiger partial charge in [0.2, 0.25) is 5.91 Å². The van der Waals surface area contributed by atoms with Gasteiger partial charge in [-0.15, -0.1) is 0 Å². The summed E-state index contributed by atoms with van der Waals surface area (Å²) in [6, 6.07) is 0.154. The lowest BCUT2D eigenvalue weighted by Gasteiger charge is -2.40. The van der Waals surface area contributed by atoms with Crippen LogP contribution in [0.1, 0.15) is 59.3 Å². The summed E-state index contributed by atoms with van der Waals surface area (Å²) in [5.41, 5.74) is -0.976. The Hall–Kier alpha value is -1.06. The molecule has 0 aromatic rings. The van der Waals surface area contributed by atoms with Gasteiger partial charge in [-0.25, -0.2) is 4.79 Å². The van der Waals surface area contributed by atoms with E-state index in [0.29, 0.717) is 12.8 Å². The molecule has 0 aliphatic heterocycles. The standard InChI is InChI=1S/C13H23NO3/c1-4-8-13(9-5-2,12(16)17)14(10(3)15)11-6-7-11/h11H,4-9H2,1-3H3,(H,16,17). The summed E-state index contributed by atoms with van der Waals surface area (Å²) < 4.78 is 0. The zero-order valence-corrected chi connectivity index (χ0v) is 11.0. The molecule has 17 heavy (non-hydrogen) atoms. The van der Waals surface area contributed by atoms with Gasteiger partial charge in [0.05, 0.1) is 0 Å². The number of nitrogens with zero attached hydrogens (tertiary/aromatic N) is 1. The lowest BCUT2D eigenvalue weighted by Crippen LogP contribution is -2.57. The third-order valence-electron chi connectivity index (χ3n) is 3.44. The number of carbonyl (C=O) groups excluding carboxylic acids is 1. The molecule has 0 atom stereocenters. The van der Waals surface area contributed by atoms with Gasteiger partial charge in [0, 0.05) is 13.0 Å². The van der Waals surface area contributed by atoms with Crippen LogP contribution >= 0.6 is 0 Å². The molecule has 0 aromatic heterocycles. The second-order valence-electron chi connectivity index (χ2n) is 4.96. The van der Waals surface area contributed by atoms with Crippen LogP contribution in [0, 0.1) is 0 Å². The molecule has 0 unspecified atom stereocenters. The fraction of sp³-hybridized carbons (Fsp3) is 0.846. The minimum atomic E-state index is -0.976. The van der Waals surface area contributed by atoms with Crippen molar-refractivity contribution in [2.75, 3.05) is 0 Å². The monoisotopic (exact) mass is 241 g/mol. The Morgan fingerprint density at radius 1 is 1.24 bits per heavy atom. The number of carboxylic acid groups (broad SMARTS) is 1. The Balaban J connectivity index is 3.06. The summed E-state index contributed by atoms with van der Waals surface area (Å²) in [4.78, 5) is 25.1. The Bertz CT molecular complexity index is 291. The molecule has 1 N–H and O–H groups in total. The summed E-state index contributed by atoms with van der Waals surface area (Å²) in [7, 11) is 0. The van der Waals surface area contributed by atoms with Crippen LogP contribution in [0.3, 0.4) is 0 Å². The SMILES string of the molecule is CCCC(CCC)(C(=O)O)N(C(C)=O)C1CC1. The van der Waals surface area contributed by atoms with Gasteiger partial charge in [0.25, 0.3) is 0 Å². The van der Waals surface area contributed by atoms with Crippen molar-refractivity contribution in [3.05, 3.63) is 0 Å². The van der Waals surface area contributed by atoms with E-state index < -0.39 is 11.5 Å². The van der Waals surface area contributed by atoms with Gasteiger partial charge in [0.1, 0.15) is 5.54 Å². The number of hydrogen-bond donors (Lipinski definition) is 1. The fourth-order valence-electron chi connectivity index (χ4n) is 2.75. The summed E-state index contributed by atoms with van der Waals surface area (Å²) in [5, 5.41) is 9.59. The average molecular weight is 241 g/mol. The highest BCUT2D eigenvalue weighted by molar-refractivity contribution is 5.86. The fourth-order valence-corrected chi connectivity index (χ4v) is 2.75. The molecular weight excluding hydrogens is 218 g/mol. The number of rotatable bonds is 7. The molecule has 0 saturated heterocycles. The molecule has 0 spiro atoms. The van der Waals surface area contributed by atoms with Crippen molar-refractivity contribution in [2.45, 2.75) is 70.9 Å². The number of carbonyl (C=O) groups is 2.